The van der Waals surface area contributed by atoms with Crippen LogP contribution in [-0.4, -0.2) is 29.3 Å². The number of ether oxygens (including phenoxy) is 1. The van der Waals surface area contributed by atoms with Crippen LogP contribution in [0.1, 0.15) is 18.5 Å². The van der Waals surface area contributed by atoms with Gasteiger partial charge in [0.2, 0.25) is 5.91 Å². The minimum atomic E-state index is -0.738. The molecule has 0 aliphatic heterocycles. The minimum absolute atomic E-state index is 0.274. The molecule has 0 saturated carbocycles. The molecule has 0 radical (unpaired) electrons. The van der Waals surface area contributed by atoms with E-state index in [1.807, 2.05) is 24.3 Å². The molecule has 0 bridgehead atoms. The topological polar surface area (TPSA) is 86.4 Å². The highest BCUT2D eigenvalue weighted by atomic mass is 16.5. The maximum Gasteiger partial charge on any atom is 0.267 e. The fraction of sp³-hybridized carbons (Fsp3) is 0.250. The standard InChI is InChI=1S/C20H21N3O4/c1-14(20(25)21-11-10-15-5-3-6-16(13-15)26-2)23-19(24)9-8-17(22-23)18-7-4-12-27-18/h3-9,12-14H,10-11H2,1-2H3,(H,21,25). The van der Waals surface area contributed by atoms with Crippen molar-refractivity contribution in [3.05, 3.63) is 70.7 Å². The van der Waals surface area contributed by atoms with Crippen LogP contribution in [0.3, 0.4) is 0 Å². The molecule has 1 amide bonds. The summed E-state index contributed by atoms with van der Waals surface area (Å²) in [4.78, 5) is 24.6. The minimum Gasteiger partial charge on any atom is -0.497 e. The molecule has 7 nitrogen and oxygen atoms in total. The average Bonchev–Trinajstić information content (AvgIpc) is 3.22. The van der Waals surface area contributed by atoms with Crippen LogP contribution in [0.25, 0.3) is 11.5 Å². The van der Waals surface area contributed by atoms with Crippen LogP contribution in [0.4, 0.5) is 0 Å². The number of carbonyl (C=O) groups is 1. The summed E-state index contributed by atoms with van der Waals surface area (Å²) in [6.07, 6.45) is 2.19. The van der Waals surface area contributed by atoms with Gasteiger partial charge in [-0.15, -0.1) is 0 Å². The van der Waals surface area contributed by atoms with Gasteiger partial charge in [0.1, 0.15) is 17.5 Å². The van der Waals surface area contributed by atoms with Gasteiger partial charge in [0, 0.05) is 12.6 Å². The van der Waals surface area contributed by atoms with Gasteiger partial charge in [-0.3, -0.25) is 9.59 Å². The highest BCUT2D eigenvalue weighted by Gasteiger charge is 2.18. The van der Waals surface area contributed by atoms with Crippen molar-refractivity contribution in [1.29, 1.82) is 0 Å². The van der Waals surface area contributed by atoms with Crippen molar-refractivity contribution >= 4 is 5.91 Å². The molecule has 0 aliphatic rings. The van der Waals surface area contributed by atoms with E-state index in [4.69, 9.17) is 9.15 Å². The zero-order valence-electron chi connectivity index (χ0n) is 15.2. The maximum absolute atomic E-state index is 12.4. The summed E-state index contributed by atoms with van der Waals surface area (Å²) < 4.78 is 11.7. The van der Waals surface area contributed by atoms with Gasteiger partial charge in [-0.2, -0.15) is 5.10 Å². The number of aromatic nitrogens is 2. The van der Waals surface area contributed by atoms with Gasteiger partial charge in [-0.05, 0) is 49.2 Å². The lowest BCUT2D eigenvalue weighted by Gasteiger charge is -2.14. The number of amides is 1. The van der Waals surface area contributed by atoms with Crippen LogP contribution in [0, 0.1) is 0 Å². The van der Waals surface area contributed by atoms with E-state index in [1.54, 1.807) is 32.2 Å². The molecule has 3 rings (SSSR count). The Morgan fingerprint density at radius 1 is 1.26 bits per heavy atom. The van der Waals surface area contributed by atoms with E-state index in [2.05, 4.69) is 10.4 Å². The molecule has 2 aromatic heterocycles. The van der Waals surface area contributed by atoms with E-state index in [1.165, 1.54) is 17.0 Å². The van der Waals surface area contributed by atoms with Gasteiger partial charge in [-0.1, -0.05) is 12.1 Å². The summed E-state index contributed by atoms with van der Waals surface area (Å²) in [5.74, 6) is 1.04. The van der Waals surface area contributed by atoms with Crippen LogP contribution in [-0.2, 0) is 11.2 Å². The highest BCUT2D eigenvalue weighted by Crippen LogP contribution is 2.16. The number of rotatable bonds is 7. The van der Waals surface area contributed by atoms with Crippen LogP contribution >= 0.6 is 0 Å². The number of nitrogens with one attached hydrogen (secondary N) is 1. The third-order valence-corrected chi connectivity index (χ3v) is 4.19. The van der Waals surface area contributed by atoms with E-state index < -0.39 is 6.04 Å². The monoisotopic (exact) mass is 367 g/mol. The molecule has 1 unspecified atom stereocenters. The van der Waals surface area contributed by atoms with Gasteiger partial charge in [0.25, 0.3) is 5.56 Å². The van der Waals surface area contributed by atoms with E-state index in [-0.39, 0.29) is 11.5 Å². The number of methoxy groups -OCH3 is 1. The third-order valence-electron chi connectivity index (χ3n) is 4.19. The Balaban J connectivity index is 1.65. The second kappa shape index (κ2) is 8.35. The lowest BCUT2D eigenvalue weighted by Crippen LogP contribution is -2.37. The number of benzene rings is 1. The molecule has 7 heteroatoms. The van der Waals surface area contributed by atoms with Crippen LogP contribution in [0.15, 0.2) is 64.0 Å². The van der Waals surface area contributed by atoms with Crippen molar-refractivity contribution in [2.24, 2.45) is 0 Å². The van der Waals surface area contributed by atoms with Crippen molar-refractivity contribution in [2.75, 3.05) is 13.7 Å². The SMILES string of the molecule is COc1cccc(CCNC(=O)C(C)n2nc(-c3ccco3)ccc2=O)c1. The summed E-state index contributed by atoms with van der Waals surface area (Å²) in [5, 5.41) is 7.10. The van der Waals surface area contributed by atoms with Gasteiger partial charge in [0.05, 0.1) is 13.4 Å². The number of carbonyl (C=O) groups excluding carboxylic acids is 1. The summed E-state index contributed by atoms with van der Waals surface area (Å²) in [6.45, 7) is 2.09. The molecular weight excluding hydrogens is 346 g/mol. The molecule has 0 spiro atoms. The zero-order chi connectivity index (χ0) is 19.2. The summed E-state index contributed by atoms with van der Waals surface area (Å²) in [6, 6.07) is 13.4. The van der Waals surface area contributed by atoms with Crippen LogP contribution in [0.5, 0.6) is 5.75 Å². The van der Waals surface area contributed by atoms with Gasteiger partial charge in [-0.25, -0.2) is 4.68 Å². The molecule has 1 aromatic carbocycles. The van der Waals surface area contributed by atoms with Gasteiger partial charge in [0.15, 0.2) is 5.76 Å². The molecule has 2 heterocycles. The van der Waals surface area contributed by atoms with Crippen molar-refractivity contribution in [3.8, 4) is 17.2 Å². The number of nitrogens with zero attached hydrogens (tertiary/aromatic N) is 2. The van der Waals surface area contributed by atoms with Crippen molar-refractivity contribution < 1.29 is 13.9 Å². The van der Waals surface area contributed by atoms with E-state index in [0.29, 0.717) is 24.4 Å². The number of furan rings is 1. The Hall–Kier alpha value is -3.35. The predicted molar refractivity (Wildman–Crippen MR) is 101 cm³/mol. The Kier molecular flexibility index (Phi) is 5.71. The van der Waals surface area contributed by atoms with Crippen LogP contribution in [0.2, 0.25) is 0 Å². The second-order valence-corrected chi connectivity index (χ2v) is 6.05. The molecule has 0 aliphatic carbocycles. The molecule has 27 heavy (non-hydrogen) atoms. The average molecular weight is 367 g/mol. The van der Waals surface area contributed by atoms with Crippen LogP contribution < -0.4 is 15.6 Å². The molecule has 3 aromatic rings. The van der Waals surface area contributed by atoms with Crippen molar-refractivity contribution in [3.63, 3.8) is 0 Å². The second-order valence-electron chi connectivity index (χ2n) is 6.05. The van der Waals surface area contributed by atoms with E-state index >= 15 is 0 Å². The first-order valence-corrected chi connectivity index (χ1v) is 8.63. The first-order chi connectivity index (χ1) is 13.1. The Bertz CT molecular complexity index is 963. The largest absolute Gasteiger partial charge is 0.497 e. The smallest absolute Gasteiger partial charge is 0.267 e. The third kappa shape index (κ3) is 4.44. The number of hydrogen-bond acceptors (Lipinski definition) is 5. The van der Waals surface area contributed by atoms with Gasteiger partial charge < -0.3 is 14.5 Å². The molecule has 140 valence electrons. The Labute approximate surface area is 156 Å². The van der Waals surface area contributed by atoms with Gasteiger partial charge >= 0.3 is 0 Å². The molecular formula is C20H21N3O4. The quantitative estimate of drug-likeness (QED) is 0.693. The fourth-order valence-electron chi connectivity index (χ4n) is 2.68. The Morgan fingerprint density at radius 2 is 2.11 bits per heavy atom. The molecule has 1 atom stereocenters. The van der Waals surface area contributed by atoms with Crippen molar-refractivity contribution in [2.45, 2.75) is 19.4 Å². The molecule has 0 saturated heterocycles. The fourth-order valence-corrected chi connectivity index (χ4v) is 2.68. The molecule has 1 N–H and O–H groups in total. The van der Waals surface area contributed by atoms with E-state index in [0.717, 1.165) is 11.3 Å². The predicted octanol–water partition coefficient (Wildman–Crippen LogP) is 2.43. The lowest BCUT2D eigenvalue weighted by molar-refractivity contribution is -0.124. The first-order valence-electron chi connectivity index (χ1n) is 8.63. The maximum atomic E-state index is 12.4. The summed E-state index contributed by atoms with van der Waals surface area (Å²) in [5.41, 5.74) is 1.20. The normalized spacial score (nSPS) is 11.8. The lowest BCUT2D eigenvalue weighted by atomic mass is 10.1. The zero-order valence-corrected chi connectivity index (χ0v) is 15.2. The first kappa shape index (κ1) is 18.4. The number of hydrogen-bond donors (Lipinski definition) is 1. The molecule has 0 fully saturated rings. The van der Waals surface area contributed by atoms with E-state index in [9.17, 15) is 9.59 Å². The highest BCUT2D eigenvalue weighted by molar-refractivity contribution is 5.79. The summed E-state index contributed by atoms with van der Waals surface area (Å²) >= 11 is 0. The van der Waals surface area contributed by atoms with Crippen molar-refractivity contribution in [1.82, 2.24) is 15.1 Å². The summed E-state index contributed by atoms with van der Waals surface area (Å²) in [7, 11) is 1.62. The Morgan fingerprint density at radius 3 is 2.85 bits per heavy atom.